The number of hydrogen-bond acceptors (Lipinski definition) is 3. The number of hydrogen-bond donors (Lipinski definition) is 1. The van der Waals surface area contributed by atoms with Crippen molar-refractivity contribution in [2.45, 2.75) is 57.8 Å². The summed E-state index contributed by atoms with van der Waals surface area (Å²) in [5, 5.41) is 12.9. The van der Waals surface area contributed by atoms with Crippen molar-refractivity contribution in [1.82, 2.24) is 4.90 Å². The van der Waals surface area contributed by atoms with E-state index in [2.05, 4.69) is 34.3 Å². The first-order valence-electron chi connectivity index (χ1n) is 10.9. The summed E-state index contributed by atoms with van der Waals surface area (Å²) in [7, 11) is 0. The summed E-state index contributed by atoms with van der Waals surface area (Å²) in [4.78, 5) is 2.65. The Morgan fingerprint density at radius 1 is 0.786 bits per heavy atom. The van der Waals surface area contributed by atoms with Gasteiger partial charge in [-0.15, -0.1) is 0 Å². The molecule has 0 unspecified atom stereocenters. The van der Waals surface area contributed by atoms with Crippen LogP contribution in [0.3, 0.4) is 0 Å². The molecule has 28 heavy (non-hydrogen) atoms. The second kappa shape index (κ2) is 11.7. The first kappa shape index (κ1) is 20.6. The fourth-order valence-electron chi connectivity index (χ4n) is 4.23. The summed E-state index contributed by atoms with van der Waals surface area (Å²) in [5.74, 6) is 0. The van der Waals surface area contributed by atoms with Gasteiger partial charge in [-0.1, -0.05) is 72.6 Å². The molecule has 3 heteroatoms. The second-order valence-corrected chi connectivity index (χ2v) is 7.89. The number of likely N-dealkylation sites (tertiary alicyclic amines) is 1. The van der Waals surface area contributed by atoms with E-state index in [0.29, 0.717) is 0 Å². The molecule has 0 aromatic heterocycles. The Balaban J connectivity index is 1.48. The second-order valence-electron chi connectivity index (χ2n) is 7.89. The summed E-state index contributed by atoms with van der Waals surface area (Å²) in [6.45, 7) is 3.79. The molecule has 1 N–H and O–H groups in total. The highest BCUT2D eigenvalue weighted by molar-refractivity contribution is 6.00. The highest BCUT2D eigenvalue weighted by Crippen LogP contribution is 2.17. The van der Waals surface area contributed by atoms with Crippen LogP contribution in [0.1, 0.15) is 61.6 Å². The van der Waals surface area contributed by atoms with Gasteiger partial charge in [0.25, 0.3) is 0 Å². The van der Waals surface area contributed by atoms with Crippen LogP contribution in [0.25, 0.3) is 0 Å². The zero-order valence-electron chi connectivity index (χ0n) is 17.0. The van der Waals surface area contributed by atoms with E-state index in [-0.39, 0.29) is 0 Å². The van der Waals surface area contributed by atoms with Crippen LogP contribution in [-0.2, 0) is 12.8 Å². The number of oxime groups is 1. The van der Waals surface area contributed by atoms with Gasteiger partial charge >= 0.3 is 0 Å². The fraction of sp³-hybridized carbons (Fsp3) is 0.480. The van der Waals surface area contributed by atoms with Crippen molar-refractivity contribution in [3.05, 3.63) is 71.3 Å². The summed E-state index contributed by atoms with van der Waals surface area (Å²) in [6.07, 6.45) is 10.8. The normalized spacial score (nSPS) is 16.1. The van der Waals surface area contributed by atoms with Crippen molar-refractivity contribution < 1.29 is 5.21 Å². The average Bonchev–Trinajstić information content (AvgIpc) is 3.02. The summed E-state index contributed by atoms with van der Waals surface area (Å²) < 4.78 is 0. The Morgan fingerprint density at radius 3 is 2.04 bits per heavy atom. The van der Waals surface area contributed by atoms with Crippen LogP contribution in [0.2, 0.25) is 0 Å². The number of rotatable bonds is 9. The monoisotopic (exact) mass is 378 g/mol. The first-order valence-corrected chi connectivity index (χ1v) is 10.9. The molecule has 0 amide bonds. The first-order chi connectivity index (χ1) is 13.9. The third kappa shape index (κ3) is 6.49. The maximum Gasteiger partial charge on any atom is 0.0867 e. The van der Waals surface area contributed by atoms with Gasteiger partial charge in [-0.3, -0.25) is 0 Å². The van der Waals surface area contributed by atoms with E-state index in [1.165, 1.54) is 62.9 Å². The lowest BCUT2D eigenvalue weighted by Crippen LogP contribution is -2.26. The fourth-order valence-corrected chi connectivity index (χ4v) is 4.23. The van der Waals surface area contributed by atoms with Crippen molar-refractivity contribution in [1.29, 1.82) is 0 Å². The van der Waals surface area contributed by atoms with Gasteiger partial charge in [-0.05, 0) is 81.3 Å². The molecule has 1 fully saturated rings. The molecule has 3 nitrogen and oxygen atoms in total. The van der Waals surface area contributed by atoms with Crippen molar-refractivity contribution in [2.24, 2.45) is 5.16 Å². The molecule has 0 saturated carbocycles. The van der Waals surface area contributed by atoms with Gasteiger partial charge < -0.3 is 10.1 Å². The van der Waals surface area contributed by atoms with Gasteiger partial charge in [0.15, 0.2) is 0 Å². The molecule has 1 saturated heterocycles. The molecule has 3 rings (SSSR count). The van der Waals surface area contributed by atoms with Crippen LogP contribution in [0.4, 0.5) is 0 Å². The Bertz CT molecular complexity index is 718. The number of aryl methyl sites for hydroxylation is 2. The molecule has 0 spiro atoms. The lowest BCUT2D eigenvalue weighted by molar-refractivity contribution is 0.281. The van der Waals surface area contributed by atoms with E-state index in [1.807, 2.05) is 30.3 Å². The minimum absolute atomic E-state index is 0.777. The Hall–Kier alpha value is -2.13. The quantitative estimate of drug-likeness (QED) is 0.345. The highest BCUT2D eigenvalue weighted by atomic mass is 16.4. The standard InChI is InChI=1S/C25H34N2O/c28-26-25(24-14-4-3-5-15-24)18-10-16-22-12-6-7-13-23(22)17-11-21-27-19-8-1-2-9-20-27/h3-7,12-15,28H,1-2,8-11,16-21H2. The summed E-state index contributed by atoms with van der Waals surface area (Å²) >= 11 is 0. The largest absolute Gasteiger partial charge is 0.411 e. The summed E-state index contributed by atoms with van der Waals surface area (Å²) in [6, 6.07) is 18.8. The lowest BCUT2D eigenvalue weighted by atomic mass is 9.96. The molecule has 0 bridgehead atoms. The number of benzene rings is 2. The third-order valence-electron chi connectivity index (χ3n) is 5.82. The maximum atomic E-state index is 9.37. The maximum absolute atomic E-state index is 9.37. The van der Waals surface area contributed by atoms with Crippen molar-refractivity contribution in [3.63, 3.8) is 0 Å². The van der Waals surface area contributed by atoms with Crippen molar-refractivity contribution in [3.8, 4) is 0 Å². The average molecular weight is 379 g/mol. The Labute approximate surface area is 170 Å². The molecule has 2 aromatic carbocycles. The van der Waals surface area contributed by atoms with E-state index >= 15 is 0 Å². The van der Waals surface area contributed by atoms with Crippen molar-refractivity contribution >= 4 is 5.71 Å². The minimum Gasteiger partial charge on any atom is -0.411 e. The van der Waals surface area contributed by atoms with Gasteiger partial charge in [-0.2, -0.15) is 0 Å². The lowest BCUT2D eigenvalue weighted by Gasteiger charge is -2.20. The molecule has 1 aliphatic heterocycles. The van der Waals surface area contributed by atoms with E-state index < -0.39 is 0 Å². The minimum atomic E-state index is 0.777. The van der Waals surface area contributed by atoms with E-state index in [4.69, 9.17) is 0 Å². The van der Waals surface area contributed by atoms with Crippen LogP contribution >= 0.6 is 0 Å². The molecule has 0 atom stereocenters. The molecule has 1 heterocycles. The summed E-state index contributed by atoms with van der Waals surface area (Å²) in [5.41, 5.74) is 4.72. The Morgan fingerprint density at radius 2 is 1.39 bits per heavy atom. The third-order valence-corrected chi connectivity index (χ3v) is 5.82. The molecule has 1 aliphatic rings. The van der Waals surface area contributed by atoms with Gasteiger partial charge in [-0.25, -0.2) is 0 Å². The number of nitrogens with zero attached hydrogens (tertiary/aromatic N) is 2. The highest BCUT2D eigenvalue weighted by Gasteiger charge is 2.10. The van der Waals surface area contributed by atoms with Crippen LogP contribution in [-0.4, -0.2) is 35.5 Å². The van der Waals surface area contributed by atoms with E-state index in [0.717, 1.165) is 37.0 Å². The zero-order valence-corrected chi connectivity index (χ0v) is 17.0. The van der Waals surface area contributed by atoms with Crippen LogP contribution in [0.15, 0.2) is 59.8 Å². The van der Waals surface area contributed by atoms with Crippen LogP contribution in [0.5, 0.6) is 0 Å². The smallest absolute Gasteiger partial charge is 0.0867 e. The molecular weight excluding hydrogens is 344 g/mol. The topological polar surface area (TPSA) is 35.8 Å². The molecule has 0 aliphatic carbocycles. The van der Waals surface area contributed by atoms with Gasteiger partial charge in [0.05, 0.1) is 5.71 Å². The van der Waals surface area contributed by atoms with Crippen molar-refractivity contribution in [2.75, 3.05) is 19.6 Å². The van der Waals surface area contributed by atoms with Crippen LogP contribution < -0.4 is 0 Å². The van der Waals surface area contributed by atoms with E-state index in [1.54, 1.807) is 0 Å². The van der Waals surface area contributed by atoms with Crippen LogP contribution in [0, 0.1) is 0 Å². The van der Waals surface area contributed by atoms with Gasteiger partial charge in [0.1, 0.15) is 0 Å². The van der Waals surface area contributed by atoms with E-state index in [9.17, 15) is 5.21 Å². The predicted octanol–water partition coefficient (Wildman–Crippen LogP) is 5.70. The molecule has 150 valence electrons. The Kier molecular flexibility index (Phi) is 8.57. The van der Waals surface area contributed by atoms with Gasteiger partial charge in [0, 0.05) is 0 Å². The predicted molar refractivity (Wildman–Crippen MR) is 117 cm³/mol. The zero-order chi connectivity index (χ0) is 19.4. The SMILES string of the molecule is ON=C(CCCc1ccccc1CCCN1CCCCCC1)c1ccccc1. The molecule has 2 aromatic rings. The van der Waals surface area contributed by atoms with Gasteiger partial charge in [0.2, 0.25) is 0 Å². The molecular formula is C25H34N2O. The molecule has 0 radical (unpaired) electrons.